The number of rotatable bonds is 6. The zero-order valence-corrected chi connectivity index (χ0v) is 15.5. The van der Waals surface area contributed by atoms with Gasteiger partial charge in [0.15, 0.2) is 12.3 Å². The lowest BCUT2D eigenvalue weighted by Crippen LogP contribution is -2.19. The van der Waals surface area contributed by atoms with Gasteiger partial charge in [0.25, 0.3) is 0 Å². The molecule has 0 saturated carbocycles. The first kappa shape index (κ1) is 18.6. The van der Waals surface area contributed by atoms with Gasteiger partial charge in [-0.05, 0) is 26.8 Å². The molecule has 0 radical (unpaired) electrons. The molecule has 0 atom stereocenters. The highest BCUT2D eigenvalue weighted by Crippen LogP contribution is 2.25. The number of benzene rings is 1. The number of fused-ring (bicyclic) bond motifs is 1. The summed E-state index contributed by atoms with van der Waals surface area (Å²) in [5, 5.41) is 4.86. The average Bonchev–Trinajstić information content (AvgIpc) is 3.08. The third kappa shape index (κ3) is 4.13. The van der Waals surface area contributed by atoms with Crippen LogP contribution in [0.25, 0.3) is 22.3 Å². The summed E-state index contributed by atoms with van der Waals surface area (Å²) in [7, 11) is 0. The van der Waals surface area contributed by atoms with E-state index in [1.165, 1.54) is 0 Å². The predicted molar refractivity (Wildman–Crippen MR) is 100 cm³/mol. The number of esters is 2. The van der Waals surface area contributed by atoms with E-state index in [9.17, 15) is 9.59 Å². The Kier molecular flexibility index (Phi) is 5.49. The molecule has 3 aromatic rings. The Morgan fingerprint density at radius 3 is 2.59 bits per heavy atom. The largest absolute Gasteiger partial charge is 0.460 e. The minimum atomic E-state index is -0.615. The van der Waals surface area contributed by atoms with Crippen molar-refractivity contribution in [3.05, 3.63) is 48.2 Å². The van der Waals surface area contributed by atoms with Gasteiger partial charge in [0.05, 0.1) is 28.9 Å². The van der Waals surface area contributed by atoms with Crippen LogP contribution >= 0.6 is 0 Å². The number of aromatic nitrogens is 3. The van der Waals surface area contributed by atoms with Crippen LogP contribution in [0.4, 0.5) is 0 Å². The maximum Gasteiger partial charge on any atom is 0.344 e. The molecule has 0 bridgehead atoms. The van der Waals surface area contributed by atoms with Gasteiger partial charge in [-0.3, -0.25) is 0 Å². The molecule has 1 aromatic carbocycles. The van der Waals surface area contributed by atoms with E-state index in [0.29, 0.717) is 28.8 Å². The molecule has 0 N–H and O–H groups in total. The number of ether oxygens (including phenoxy) is 2. The Morgan fingerprint density at radius 1 is 1.19 bits per heavy atom. The van der Waals surface area contributed by atoms with Crippen molar-refractivity contribution in [2.75, 3.05) is 6.61 Å². The monoisotopic (exact) mass is 367 g/mol. The standard InChI is InChI=1S/C20H21N3O4/c1-4-23-19-16(11-21-23)15(20(25)26-12-18(24)27-13(2)3)10-17(22-19)14-8-6-5-7-9-14/h5-11,13H,4,12H2,1-3H3. The number of hydrogen-bond acceptors (Lipinski definition) is 6. The van der Waals surface area contributed by atoms with Gasteiger partial charge < -0.3 is 9.47 Å². The Hall–Kier alpha value is -3.22. The second-order valence-electron chi connectivity index (χ2n) is 6.23. The van der Waals surface area contributed by atoms with E-state index in [0.717, 1.165) is 5.56 Å². The summed E-state index contributed by atoms with van der Waals surface area (Å²) >= 11 is 0. The van der Waals surface area contributed by atoms with Crippen molar-refractivity contribution in [2.45, 2.75) is 33.4 Å². The van der Waals surface area contributed by atoms with Crippen LogP contribution in [0, 0.1) is 0 Å². The summed E-state index contributed by atoms with van der Waals surface area (Å²) in [6.07, 6.45) is 1.32. The summed E-state index contributed by atoms with van der Waals surface area (Å²) < 4.78 is 11.9. The van der Waals surface area contributed by atoms with Crippen LogP contribution in [0.3, 0.4) is 0 Å². The Morgan fingerprint density at radius 2 is 1.93 bits per heavy atom. The molecule has 7 nitrogen and oxygen atoms in total. The molecule has 7 heteroatoms. The SMILES string of the molecule is CCn1ncc2c(C(=O)OCC(=O)OC(C)C)cc(-c3ccccc3)nc21. The van der Waals surface area contributed by atoms with E-state index in [1.807, 2.05) is 37.3 Å². The zero-order valence-electron chi connectivity index (χ0n) is 15.5. The van der Waals surface area contributed by atoms with Gasteiger partial charge in [-0.1, -0.05) is 30.3 Å². The van der Waals surface area contributed by atoms with Crippen LogP contribution in [0.5, 0.6) is 0 Å². The molecule has 0 amide bonds. The van der Waals surface area contributed by atoms with Crippen molar-refractivity contribution in [1.29, 1.82) is 0 Å². The van der Waals surface area contributed by atoms with Gasteiger partial charge >= 0.3 is 11.9 Å². The number of hydrogen-bond donors (Lipinski definition) is 0. The highest BCUT2D eigenvalue weighted by atomic mass is 16.6. The minimum Gasteiger partial charge on any atom is -0.460 e. The third-order valence-electron chi connectivity index (χ3n) is 3.89. The molecule has 0 spiro atoms. The van der Waals surface area contributed by atoms with E-state index in [-0.39, 0.29) is 6.10 Å². The second kappa shape index (κ2) is 7.99. The van der Waals surface area contributed by atoms with E-state index in [4.69, 9.17) is 9.47 Å². The Balaban J connectivity index is 1.97. The topological polar surface area (TPSA) is 83.3 Å². The minimum absolute atomic E-state index is 0.267. The molecule has 2 heterocycles. The van der Waals surface area contributed by atoms with Crippen LogP contribution in [-0.4, -0.2) is 39.4 Å². The molecule has 0 saturated heterocycles. The fraction of sp³-hybridized carbons (Fsp3) is 0.300. The van der Waals surface area contributed by atoms with Gasteiger partial charge in [0.2, 0.25) is 0 Å². The van der Waals surface area contributed by atoms with Crippen LogP contribution in [0.15, 0.2) is 42.6 Å². The lowest BCUT2D eigenvalue weighted by molar-refractivity contribution is -0.150. The zero-order chi connectivity index (χ0) is 19.4. The molecule has 0 fully saturated rings. The summed E-state index contributed by atoms with van der Waals surface area (Å²) in [5.41, 5.74) is 2.41. The van der Waals surface area contributed by atoms with E-state index in [1.54, 1.807) is 30.8 Å². The summed E-state index contributed by atoms with van der Waals surface area (Å²) in [6.45, 7) is 5.59. The first-order valence-corrected chi connectivity index (χ1v) is 8.78. The number of aryl methyl sites for hydroxylation is 1. The highest BCUT2D eigenvalue weighted by Gasteiger charge is 2.19. The second-order valence-corrected chi connectivity index (χ2v) is 6.23. The highest BCUT2D eigenvalue weighted by molar-refractivity contribution is 6.04. The molecule has 0 aliphatic heterocycles. The van der Waals surface area contributed by atoms with Crippen molar-refractivity contribution in [2.24, 2.45) is 0 Å². The molecule has 0 aliphatic rings. The van der Waals surface area contributed by atoms with Gasteiger partial charge in [0.1, 0.15) is 0 Å². The maximum absolute atomic E-state index is 12.6. The molecular formula is C20H21N3O4. The summed E-state index contributed by atoms with van der Waals surface area (Å²) in [4.78, 5) is 29.0. The van der Waals surface area contributed by atoms with Crippen LogP contribution < -0.4 is 0 Å². The molecule has 0 unspecified atom stereocenters. The lowest BCUT2D eigenvalue weighted by atomic mass is 10.1. The predicted octanol–water partition coefficient (Wildman–Crippen LogP) is 3.23. The number of nitrogens with zero attached hydrogens (tertiary/aromatic N) is 3. The number of carbonyl (C=O) groups is 2. The Labute approximate surface area is 156 Å². The van der Waals surface area contributed by atoms with Crippen molar-refractivity contribution in [1.82, 2.24) is 14.8 Å². The van der Waals surface area contributed by atoms with Crippen molar-refractivity contribution in [3.8, 4) is 11.3 Å². The van der Waals surface area contributed by atoms with E-state index >= 15 is 0 Å². The average molecular weight is 367 g/mol. The molecule has 2 aromatic heterocycles. The summed E-state index contributed by atoms with van der Waals surface area (Å²) in [6, 6.07) is 11.2. The smallest absolute Gasteiger partial charge is 0.344 e. The fourth-order valence-electron chi connectivity index (χ4n) is 2.70. The third-order valence-corrected chi connectivity index (χ3v) is 3.89. The van der Waals surface area contributed by atoms with Gasteiger partial charge in [0, 0.05) is 12.1 Å². The maximum atomic E-state index is 12.6. The lowest BCUT2D eigenvalue weighted by Gasteiger charge is -2.10. The Bertz CT molecular complexity index is 964. The van der Waals surface area contributed by atoms with E-state index < -0.39 is 18.5 Å². The molecule has 27 heavy (non-hydrogen) atoms. The molecular weight excluding hydrogens is 346 g/mol. The van der Waals surface area contributed by atoms with Crippen molar-refractivity contribution < 1.29 is 19.1 Å². The number of pyridine rings is 1. The molecule has 140 valence electrons. The van der Waals surface area contributed by atoms with Crippen LogP contribution in [0.1, 0.15) is 31.1 Å². The van der Waals surface area contributed by atoms with Crippen LogP contribution in [-0.2, 0) is 20.8 Å². The van der Waals surface area contributed by atoms with Crippen LogP contribution in [0.2, 0.25) is 0 Å². The van der Waals surface area contributed by atoms with Gasteiger partial charge in [-0.15, -0.1) is 0 Å². The van der Waals surface area contributed by atoms with Crippen molar-refractivity contribution in [3.63, 3.8) is 0 Å². The number of carbonyl (C=O) groups excluding carboxylic acids is 2. The summed E-state index contributed by atoms with van der Waals surface area (Å²) in [5.74, 6) is -1.20. The normalized spacial score (nSPS) is 11.0. The van der Waals surface area contributed by atoms with Gasteiger partial charge in [-0.2, -0.15) is 5.10 Å². The molecule has 3 rings (SSSR count). The first-order chi connectivity index (χ1) is 13.0. The quantitative estimate of drug-likeness (QED) is 0.622. The van der Waals surface area contributed by atoms with E-state index in [2.05, 4.69) is 10.1 Å². The fourth-order valence-corrected chi connectivity index (χ4v) is 2.70. The van der Waals surface area contributed by atoms with Crippen molar-refractivity contribution >= 4 is 23.0 Å². The first-order valence-electron chi connectivity index (χ1n) is 8.78. The molecule has 0 aliphatic carbocycles. The van der Waals surface area contributed by atoms with Gasteiger partial charge in [-0.25, -0.2) is 19.3 Å².